The maximum Gasteiger partial charge on any atom is 0.490 e. The number of carbonyl (C=O) groups excluding carboxylic acids is 3. The lowest BCUT2D eigenvalue weighted by Gasteiger charge is -2.32. The van der Waals surface area contributed by atoms with Gasteiger partial charge in [-0.15, -0.1) is 0 Å². The highest BCUT2D eigenvalue weighted by Gasteiger charge is 2.38. The van der Waals surface area contributed by atoms with Gasteiger partial charge in [0.25, 0.3) is 11.8 Å². The van der Waals surface area contributed by atoms with Crippen LogP contribution in [0.5, 0.6) is 0 Å². The number of rotatable bonds is 7. The maximum absolute atomic E-state index is 13.2. The average molecular weight is 635 g/mol. The first-order valence-corrected chi connectivity index (χ1v) is 14.3. The minimum atomic E-state index is -5.08. The first kappa shape index (κ1) is 33.7. The average Bonchev–Trinajstić information content (AvgIpc) is 3.47. The van der Waals surface area contributed by atoms with E-state index in [0.29, 0.717) is 29.7 Å². The summed E-state index contributed by atoms with van der Waals surface area (Å²) in [5.74, 6) is -3.31. The Balaban J connectivity index is 0.000000617. The van der Waals surface area contributed by atoms with E-state index in [9.17, 15) is 27.6 Å². The smallest absolute Gasteiger partial charge is 0.475 e. The standard InChI is InChI=1S/C32H32N4O3.C2HF3O2/c1-4-24(37)18-21-7-6-10-25(20(21)2)26-11-12-27(31(33)38)30-28(26)19-29(34-30)22-8-5-9-23(17-22)32(39)36-15-13-35(3)14-16-36;3-2(4,5)1(6)7/h4-12,17,19,34H,1,13-16,18H2,2-3H3,(H2,33,38);(H,6,7). The lowest BCUT2D eigenvalue weighted by atomic mass is 9.91. The number of carboxylic acid groups (broad SMARTS) is 1. The summed E-state index contributed by atoms with van der Waals surface area (Å²) >= 11 is 0. The molecule has 4 N–H and O–H groups in total. The van der Waals surface area contributed by atoms with Crippen LogP contribution in [-0.4, -0.2) is 82.9 Å². The molecule has 2 heterocycles. The van der Waals surface area contributed by atoms with Crippen LogP contribution >= 0.6 is 0 Å². The number of alkyl halides is 3. The number of aliphatic carboxylic acids is 1. The third-order valence-electron chi connectivity index (χ3n) is 7.84. The van der Waals surface area contributed by atoms with Crippen molar-refractivity contribution in [3.8, 4) is 22.4 Å². The number of ketones is 1. The number of benzene rings is 3. The number of nitrogens with one attached hydrogen (secondary N) is 1. The molecule has 0 aliphatic carbocycles. The zero-order chi connectivity index (χ0) is 33.8. The largest absolute Gasteiger partial charge is 0.490 e. The Labute approximate surface area is 263 Å². The molecule has 3 aromatic carbocycles. The summed E-state index contributed by atoms with van der Waals surface area (Å²) in [4.78, 5) is 54.0. The van der Waals surface area contributed by atoms with Crippen LogP contribution in [0, 0.1) is 6.92 Å². The predicted octanol–water partition coefficient (Wildman–Crippen LogP) is 5.23. The van der Waals surface area contributed by atoms with Gasteiger partial charge in [-0.2, -0.15) is 13.2 Å². The second-order valence-corrected chi connectivity index (χ2v) is 10.9. The van der Waals surface area contributed by atoms with Crippen molar-refractivity contribution in [3.63, 3.8) is 0 Å². The second kappa shape index (κ2) is 13.8. The zero-order valence-electron chi connectivity index (χ0n) is 25.3. The van der Waals surface area contributed by atoms with Crippen molar-refractivity contribution in [1.82, 2.24) is 14.8 Å². The Morgan fingerprint density at radius 3 is 2.24 bits per heavy atom. The van der Waals surface area contributed by atoms with Crippen LogP contribution in [0.1, 0.15) is 31.8 Å². The highest BCUT2D eigenvalue weighted by molar-refractivity contribution is 6.11. The van der Waals surface area contributed by atoms with Gasteiger partial charge in [-0.1, -0.05) is 43.0 Å². The number of fused-ring (bicyclic) bond motifs is 1. The molecule has 0 radical (unpaired) electrons. The Bertz CT molecular complexity index is 1820. The van der Waals surface area contributed by atoms with Gasteiger partial charge in [0, 0.05) is 49.2 Å². The molecule has 0 atom stereocenters. The van der Waals surface area contributed by atoms with Gasteiger partial charge in [-0.05, 0) is 72.1 Å². The van der Waals surface area contributed by atoms with Crippen LogP contribution < -0.4 is 5.73 Å². The molecule has 1 aliphatic rings. The highest BCUT2D eigenvalue weighted by atomic mass is 19.4. The first-order valence-electron chi connectivity index (χ1n) is 14.3. The van der Waals surface area contributed by atoms with Crippen molar-refractivity contribution in [2.24, 2.45) is 5.73 Å². The van der Waals surface area contributed by atoms with E-state index in [1.165, 1.54) is 6.08 Å². The van der Waals surface area contributed by atoms with E-state index in [1.807, 2.05) is 66.4 Å². The number of hydrogen-bond acceptors (Lipinski definition) is 5. The van der Waals surface area contributed by atoms with Crippen molar-refractivity contribution < 1.29 is 37.5 Å². The normalized spacial score (nSPS) is 13.5. The number of nitrogens with zero attached hydrogens (tertiary/aromatic N) is 2. The number of likely N-dealkylation sites (N-methyl/N-ethyl adjacent to an activating group) is 1. The summed E-state index contributed by atoms with van der Waals surface area (Å²) in [6.07, 6.45) is -3.47. The van der Waals surface area contributed by atoms with Crippen molar-refractivity contribution in [3.05, 3.63) is 95.6 Å². The molecule has 0 saturated carbocycles. The molecular weight excluding hydrogens is 601 g/mol. The zero-order valence-corrected chi connectivity index (χ0v) is 25.3. The van der Waals surface area contributed by atoms with Gasteiger partial charge in [0.2, 0.25) is 0 Å². The lowest BCUT2D eigenvalue weighted by Crippen LogP contribution is -2.47. The number of aromatic nitrogens is 1. The summed E-state index contributed by atoms with van der Waals surface area (Å²) in [7, 11) is 2.06. The Morgan fingerprint density at radius 1 is 0.978 bits per heavy atom. The number of nitrogens with two attached hydrogens (primary N) is 1. The third kappa shape index (κ3) is 7.52. The fourth-order valence-electron chi connectivity index (χ4n) is 5.25. The van der Waals surface area contributed by atoms with Crippen LogP contribution in [0.4, 0.5) is 13.2 Å². The molecule has 1 aliphatic heterocycles. The van der Waals surface area contributed by atoms with Gasteiger partial charge < -0.3 is 25.6 Å². The molecule has 1 aromatic heterocycles. The Hall–Kier alpha value is -5.23. The van der Waals surface area contributed by atoms with Gasteiger partial charge >= 0.3 is 12.1 Å². The molecule has 1 saturated heterocycles. The number of carboxylic acids is 1. The summed E-state index contributed by atoms with van der Waals surface area (Å²) in [6.45, 7) is 8.70. The number of hydrogen-bond donors (Lipinski definition) is 3. The molecule has 0 spiro atoms. The van der Waals surface area contributed by atoms with Crippen LogP contribution in [0.15, 0.2) is 73.3 Å². The third-order valence-corrected chi connectivity index (χ3v) is 7.84. The molecule has 4 aromatic rings. The number of amides is 2. The minimum absolute atomic E-state index is 0.0149. The Morgan fingerprint density at radius 2 is 1.63 bits per heavy atom. The van der Waals surface area contributed by atoms with Crippen molar-refractivity contribution in [2.75, 3.05) is 33.2 Å². The van der Waals surface area contributed by atoms with E-state index in [4.69, 9.17) is 15.6 Å². The number of aromatic amines is 1. The van der Waals surface area contributed by atoms with E-state index in [-0.39, 0.29) is 18.1 Å². The fraction of sp³-hybridized carbons (Fsp3) is 0.235. The summed E-state index contributed by atoms with van der Waals surface area (Å²) in [5.41, 5.74) is 12.8. The molecule has 240 valence electrons. The number of piperazine rings is 1. The van der Waals surface area contributed by atoms with E-state index >= 15 is 0 Å². The van der Waals surface area contributed by atoms with Gasteiger partial charge in [-0.3, -0.25) is 14.4 Å². The molecule has 46 heavy (non-hydrogen) atoms. The topological polar surface area (TPSA) is 137 Å². The number of allylic oxidation sites excluding steroid dienone is 1. The molecule has 2 amide bonds. The SMILES string of the molecule is C=CC(=O)Cc1cccc(-c2ccc(C(N)=O)c3[nH]c(-c4cccc(C(=O)N5CCN(C)CC5)c4)cc23)c1C.O=C(O)C(F)(F)F. The van der Waals surface area contributed by atoms with Crippen molar-refractivity contribution in [2.45, 2.75) is 19.5 Å². The number of carbonyl (C=O) groups is 4. The van der Waals surface area contributed by atoms with Crippen LogP contribution in [-0.2, 0) is 16.0 Å². The molecule has 0 unspecified atom stereocenters. The molecule has 1 fully saturated rings. The number of halogens is 3. The maximum atomic E-state index is 13.2. The molecule has 0 bridgehead atoms. The van der Waals surface area contributed by atoms with Gasteiger partial charge in [-0.25, -0.2) is 4.79 Å². The molecule has 5 rings (SSSR count). The van der Waals surface area contributed by atoms with E-state index in [2.05, 4.69) is 23.5 Å². The molecular formula is C34H33F3N4O5. The summed E-state index contributed by atoms with van der Waals surface area (Å²) < 4.78 is 31.7. The quantitative estimate of drug-likeness (QED) is 0.238. The summed E-state index contributed by atoms with van der Waals surface area (Å²) in [6, 6.07) is 19.1. The van der Waals surface area contributed by atoms with Gasteiger partial charge in [0.15, 0.2) is 5.78 Å². The summed E-state index contributed by atoms with van der Waals surface area (Å²) in [5, 5.41) is 7.97. The fourth-order valence-corrected chi connectivity index (χ4v) is 5.25. The van der Waals surface area contributed by atoms with E-state index in [0.717, 1.165) is 52.0 Å². The Kier molecular flexibility index (Phi) is 10.1. The molecule has 12 heteroatoms. The van der Waals surface area contributed by atoms with Crippen LogP contribution in [0.2, 0.25) is 0 Å². The monoisotopic (exact) mass is 634 g/mol. The van der Waals surface area contributed by atoms with Crippen molar-refractivity contribution >= 4 is 34.5 Å². The molecule has 9 nitrogen and oxygen atoms in total. The second-order valence-electron chi connectivity index (χ2n) is 10.9. The minimum Gasteiger partial charge on any atom is -0.475 e. The predicted molar refractivity (Wildman–Crippen MR) is 168 cm³/mol. The first-order chi connectivity index (χ1) is 21.7. The van der Waals surface area contributed by atoms with Gasteiger partial charge in [0.1, 0.15) is 0 Å². The number of primary amides is 1. The lowest BCUT2D eigenvalue weighted by molar-refractivity contribution is -0.192. The van der Waals surface area contributed by atoms with Crippen LogP contribution in [0.3, 0.4) is 0 Å². The van der Waals surface area contributed by atoms with Crippen LogP contribution in [0.25, 0.3) is 33.3 Å². The van der Waals surface area contributed by atoms with Crippen molar-refractivity contribution in [1.29, 1.82) is 0 Å². The van der Waals surface area contributed by atoms with E-state index < -0.39 is 18.1 Å². The number of H-pyrrole nitrogens is 1. The van der Waals surface area contributed by atoms with E-state index in [1.54, 1.807) is 6.07 Å². The van der Waals surface area contributed by atoms with Gasteiger partial charge in [0.05, 0.1) is 11.1 Å². The highest BCUT2D eigenvalue weighted by Crippen LogP contribution is 2.36.